The molecule has 4 rings (SSSR count). The Kier molecular flexibility index (Phi) is 4.53. The number of aromatic amines is 1. The summed E-state index contributed by atoms with van der Waals surface area (Å²) in [5.74, 6) is 1.44. The third-order valence-corrected chi connectivity index (χ3v) is 5.41. The Balaban J connectivity index is 1.70. The fourth-order valence-electron chi connectivity index (χ4n) is 2.99. The zero-order valence-corrected chi connectivity index (χ0v) is 16.1. The molecule has 1 atom stereocenters. The van der Waals surface area contributed by atoms with E-state index >= 15 is 0 Å². The molecule has 0 aliphatic carbocycles. The molecular weight excluding hydrogens is 358 g/mol. The second kappa shape index (κ2) is 7.00. The van der Waals surface area contributed by atoms with Gasteiger partial charge in [0.05, 0.1) is 16.2 Å². The number of thioether (sulfide) groups is 1. The third-order valence-electron chi connectivity index (χ3n) is 4.35. The molecule has 0 saturated carbocycles. The van der Waals surface area contributed by atoms with Crippen LogP contribution in [0, 0.1) is 13.8 Å². The Morgan fingerprint density at radius 3 is 2.70 bits per heavy atom. The summed E-state index contributed by atoms with van der Waals surface area (Å²) in [4.78, 5) is 19.9. The highest BCUT2D eigenvalue weighted by molar-refractivity contribution is 7.99. The number of para-hydroxylation sites is 1. The van der Waals surface area contributed by atoms with E-state index in [9.17, 15) is 4.79 Å². The Morgan fingerprint density at radius 2 is 1.89 bits per heavy atom. The van der Waals surface area contributed by atoms with Crippen LogP contribution in [0.4, 0.5) is 0 Å². The number of nitrogens with one attached hydrogen (secondary N) is 1. The molecule has 4 aromatic rings. The highest BCUT2D eigenvalue weighted by Crippen LogP contribution is 2.33. The molecule has 2 aromatic carbocycles. The van der Waals surface area contributed by atoms with Gasteiger partial charge in [0, 0.05) is 5.69 Å². The van der Waals surface area contributed by atoms with Crippen LogP contribution in [0.1, 0.15) is 29.4 Å². The average Bonchev–Trinajstić information content (AvgIpc) is 3.02. The SMILES string of the molecule is Cc1cccc(-n2c(C)nnc2S[C@@H](C)c2nc3ccccc3c(=O)[nH]2)c1. The molecule has 0 bridgehead atoms. The number of hydrogen-bond acceptors (Lipinski definition) is 5. The number of rotatable bonds is 4. The van der Waals surface area contributed by atoms with Gasteiger partial charge in [-0.25, -0.2) is 4.98 Å². The van der Waals surface area contributed by atoms with Gasteiger partial charge in [-0.05, 0) is 50.6 Å². The molecule has 2 heterocycles. The maximum Gasteiger partial charge on any atom is 0.258 e. The van der Waals surface area contributed by atoms with Crippen molar-refractivity contribution in [3.63, 3.8) is 0 Å². The van der Waals surface area contributed by atoms with Gasteiger partial charge in [0.2, 0.25) is 0 Å². The van der Waals surface area contributed by atoms with Crippen LogP contribution in [0.15, 0.2) is 58.5 Å². The molecule has 0 fully saturated rings. The number of hydrogen-bond donors (Lipinski definition) is 1. The Morgan fingerprint density at radius 1 is 1.07 bits per heavy atom. The minimum atomic E-state index is -0.126. The van der Waals surface area contributed by atoms with E-state index in [4.69, 9.17) is 0 Å². The van der Waals surface area contributed by atoms with Gasteiger partial charge < -0.3 is 4.98 Å². The molecule has 136 valence electrons. The summed E-state index contributed by atoms with van der Waals surface area (Å²) in [5, 5.41) is 9.84. The Labute approximate surface area is 160 Å². The third kappa shape index (κ3) is 3.38. The van der Waals surface area contributed by atoms with Crippen molar-refractivity contribution in [2.24, 2.45) is 0 Å². The van der Waals surface area contributed by atoms with Gasteiger partial charge in [-0.1, -0.05) is 36.0 Å². The monoisotopic (exact) mass is 377 g/mol. The van der Waals surface area contributed by atoms with Crippen LogP contribution in [0.25, 0.3) is 16.6 Å². The van der Waals surface area contributed by atoms with Crippen molar-refractivity contribution in [2.75, 3.05) is 0 Å². The van der Waals surface area contributed by atoms with E-state index in [-0.39, 0.29) is 10.8 Å². The maximum absolute atomic E-state index is 12.3. The zero-order valence-electron chi connectivity index (χ0n) is 15.3. The molecule has 1 N–H and O–H groups in total. The minimum absolute atomic E-state index is 0.0885. The number of nitrogens with zero attached hydrogens (tertiary/aromatic N) is 4. The van der Waals surface area contributed by atoms with Crippen LogP contribution in [-0.4, -0.2) is 24.7 Å². The summed E-state index contributed by atoms with van der Waals surface area (Å²) in [6.45, 7) is 5.99. The number of aromatic nitrogens is 5. The van der Waals surface area contributed by atoms with E-state index in [0.29, 0.717) is 16.7 Å². The largest absolute Gasteiger partial charge is 0.309 e. The van der Waals surface area contributed by atoms with Crippen molar-refractivity contribution in [3.8, 4) is 5.69 Å². The van der Waals surface area contributed by atoms with E-state index in [1.807, 2.05) is 48.7 Å². The van der Waals surface area contributed by atoms with E-state index in [2.05, 4.69) is 39.2 Å². The van der Waals surface area contributed by atoms with Crippen molar-refractivity contribution in [3.05, 3.63) is 76.1 Å². The van der Waals surface area contributed by atoms with E-state index in [1.165, 1.54) is 17.3 Å². The van der Waals surface area contributed by atoms with Crippen molar-refractivity contribution in [2.45, 2.75) is 31.2 Å². The standard InChI is InChI=1S/C20H19N5OS/c1-12-7-6-8-15(11-12)25-14(3)23-24-20(25)27-13(2)18-21-17-10-5-4-9-16(17)19(26)22-18/h4-11,13H,1-3H3,(H,21,22,26)/t13-/m0/s1. The van der Waals surface area contributed by atoms with Crippen LogP contribution in [-0.2, 0) is 0 Å². The fourth-order valence-corrected chi connectivity index (χ4v) is 3.96. The first-order valence-corrected chi connectivity index (χ1v) is 9.55. The molecule has 7 heteroatoms. The summed E-state index contributed by atoms with van der Waals surface area (Å²) in [6, 6.07) is 15.6. The van der Waals surface area contributed by atoms with Crippen LogP contribution in [0.5, 0.6) is 0 Å². The molecule has 2 aromatic heterocycles. The summed E-state index contributed by atoms with van der Waals surface area (Å²) in [5.41, 5.74) is 2.76. The van der Waals surface area contributed by atoms with E-state index in [0.717, 1.165) is 16.7 Å². The lowest BCUT2D eigenvalue weighted by atomic mass is 10.2. The lowest BCUT2D eigenvalue weighted by molar-refractivity contribution is 0.850. The van der Waals surface area contributed by atoms with E-state index < -0.39 is 0 Å². The molecular formula is C20H19N5OS. The van der Waals surface area contributed by atoms with Gasteiger partial charge in [-0.15, -0.1) is 10.2 Å². The normalized spacial score (nSPS) is 12.4. The molecule has 6 nitrogen and oxygen atoms in total. The summed E-state index contributed by atoms with van der Waals surface area (Å²) in [7, 11) is 0. The number of aryl methyl sites for hydroxylation is 2. The second-order valence-corrected chi connectivity index (χ2v) is 7.74. The molecule has 0 radical (unpaired) electrons. The van der Waals surface area contributed by atoms with Crippen molar-refractivity contribution >= 4 is 22.7 Å². The first-order chi connectivity index (χ1) is 13.0. The minimum Gasteiger partial charge on any atom is -0.309 e. The molecule has 0 aliphatic rings. The quantitative estimate of drug-likeness (QED) is 0.545. The zero-order chi connectivity index (χ0) is 19.0. The van der Waals surface area contributed by atoms with Crippen molar-refractivity contribution < 1.29 is 0 Å². The molecule has 0 saturated heterocycles. The van der Waals surface area contributed by atoms with Gasteiger partial charge in [0.15, 0.2) is 5.16 Å². The topological polar surface area (TPSA) is 76.5 Å². The van der Waals surface area contributed by atoms with Crippen LogP contribution < -0.4 is 5.56 Å². The van der Waals surface area contributed by atoms with Crippen molar-refractivity contribution in [1.29, 1.82) is 0 Å². The van der Waals surface area contributed by atoms with Gasteiger partial charge in [-0.2, -0.15) is 0 Å². The van der Waals surface area contributed by atoms with Gasteiger partial charge in [-0.3, -0.25) is 9.36 Å². The van der Waals surface area contributed by atoms with Gasteiger partial charge in [0.1, 0.15) is 11.6 Å². The van der Waals surface area contributed by atoms with E-state index in [1.54, 1.807) is 6.07 Å². The summed E-state index contributed by atoms with van der Waals surface area (Å²) < 4.78 is 2.02. The number of benzene rings is 2. The smallest absolute Gasteiger partial charge is 0.258 e. The van der Waals surface area contributed by atoms with Crippen LogP contribution in [0.3, 0.4) is 0 Å². The molecule has 0 aliphatic heterocycles. The molecule has 0 unspecified atom stereocenters. The highest BCUT2D eigenvalue weighted by atomic mass is 32.2. The van der Waals surface area contributed by atoms with Crippen molar-refractivity contribution in [1.82, 2.24) is 24.7 Å². The fraction of sp³-hybridized carbons (Fsp3) is 0.200. The highest BCUT2D eigenvalue weighted by Gasteiger charge is 2.18. The lowest BCUT2D eigenvalue weighted by Gasteiger charge is -2.13. The lowest BCUT2D eigenvalue weighted by Crippen LogP contribution is -2.13. The Bertz CT molecular complexity index is 1180. The first-order valence-electron chi connectivity index (χ1n) is 8.67. The van der Waals surface area contributed by atoms with Crippen LogP contribution >= 0.6 is 11.8 Å². The molecule has 27 heavy (non-hydrogen) atoms. The number of H-pyrrole nitrogens is 1. The van der Waals surface area contributed by atoms with Gasteiger partial charge in [0.25, 0.3) is 5.56 Å². The average molecular weight is 377 g/mol. The van der Waals surface area contributed by atoms with Gasteiger partial charge >= 0.3 is 0 Å². The van der Waals surface area contributed by atoms with Crippen LogP contribution in [0.2, 0.25) is 0 Å². The first kappa shape index (κ1) is 17.5. The molecule has 0 spiro atoms. The predicted octanol–water partition coefficient (Wildman–Crippen LogP) is 3.97. The molecule has 0 amide bonds. The summed E-state index contributed by atoms with van der Waals surface area (Å²) >= 11 is 1.52. The number of fused-ring (bicyclic) bond motifs is 1. The second-order valence-electron chi connectivity index (χ2n) is 6.43. The maximum atomic E-state index is 12.3. The Hall–Kier alpha value is -2.93. The predicted molar refractivity (Wildman–Crippen MR) is 107 cm³/mol. The summed E-state index contributed by atoms with van der Waals surface area (Å²) in [6.07, 6.45) is 0.